The summed E-state index contributed by atoms with van der Waals surface area (Å²) in [4.78, 5) is 27.6. The number of Topliss-reactive ketones (excluding diaryl/α,β-unsaturated/α-hetero) is 1. The molecule has 9 nitrogen and oxygen atoms in total. The number of methoxy groups -OCH3 is 1. The van der Waals surface area contributed by atoms with E-state index in [9.17, 15) is 14.9 Å². The molecule has 11 heteroatoms. The number of benzene rings is 2. The molecule has 1 amide bonds. The lowest BCUT2D eigenvalue weighted by atomic mass is 9.75. The van der Waals surface area contributed by atoms with Crippen LogP contribution in [-0.2, 0) is 9.59 Å². The van der Waals surface area contributed by atoms with Crippen molar-refractivity contribution in [2.45, 2.75) is 43.4 Å². The summed E-state index contributed by atoms with van der Waals surface area (Å²) in [7, 11) is 1.56. The molecule has 3 N–H and O–H groups in total. The number of para-hydroxylation sites is 1. The number of rotatable bonds is 7. The Morgan fingerprint density at radius 2 is 2.02 bits per heavy atom. The van der Waals surface area contributed by atoms with E-state index in [2.05, 4.69) is 21.6 Å². The lowest BCUT2D eigenvalue weighted by molar-refractivity contribution is -0.116. The highest BCUT2D eigenvalue weighted by molar-refractivity contribution is 8.01. The molecule has 2 aliphatic rings. The Morgan fingerprint density at radius 1 is 1.23 bits per heavy atom. The molecule has 0 bridgehead atoms. The average molecular weight is 573 g/mol. The molecule has 2 heterocycles. The third-order valence-corrected chi connectivity index (χ3v) is 9.11. The molecule has 1 aliphatic heterocycles. The molecule has 0 saturated heterocycles. The van der Waals surface area contributed by atoms with Gasteiger partial charge < -0.3 is 15.8 Å². The van der Waals surface area contributed by atoms with Crippen LogP contribution in [0.5, 0.6) is 5.75 Å². The SMILES string of the molecule is COc1ccccc1C1C(C#N)=C(N)N(c2nnc(SCC(=O)Nc3ccc(C)c(C)c3)s2)C2=C1C(=O)CCC2. The monoisotopic (exact) mass is 572 g/mol. The summed E-state index contributed by atoms with van der Waals surface area (Å²) >= 11 is 2.53. The fourth-order valence-corrected chi connectivity index (χ4v) is 6.70. The van der Waals surface area contributed by atoms with Gasteiger partial charge in [-0.05, 0) is 56.0 Å². The highest BCUT2D eigenvalue weighted by Crippen LogP contribution is 2.48. The fraction of sp³-hybridized carbons (Fsp3) is 0.276. The van der Waals surface area contributed by atoms with Gasteiger partial charge in [-0.25, -0.2) is 0 Å². The predicted molar refractivity (Wildman–Crippen MR) is 156 cm³/mol. The second-order valence-corrected chi connectivity index (χ2v) is 11.7. The third kappa shape index (κ3) is 5.20. The van der Waals surface area contributed by atoms with Crippen molar-refractivity contribution in [2.24, 2.45) is 5.73 Å². The Balaban J connectivity index is 1.42. The maximum atomic E-state index is 13.3. The lowest BCUT2D eigenvalue weighted by Gasteiger charge is -2.38. The maximum absolute atomic E-state index is 13.3. The Bertz CT molecular complexity index is 1600. The van der Waals surface area contributed by atoms with Crippen LogP contribution in [0.1, 0.15) is 41.9 Å². The summed E-state index contributed by atoms with van der Waals surface area (Å²) in [5.41, 5.74) is 11.9. The van der Waals surface area contributed by atoms with Gasteiger partial charge in [-0.3, -0.25) is 14.5 Å². The highest BCUT2D eigenvalue weighted by Gasteiger charge is 2.42. The number of hydrogen-bond donors (Lipinski definition) is 2. The van der Waals surface area contributed by atoms with Crippen molar-refractivity contribution in [3.63, 3.8) is 0 Å². The first-order chi connectivity index (χ1) is 19.3. The Labute approximate surface area is 240 Å². The van der Waals surface area contributed by atoms with E-state index in [4.69, 9.17) is 10.5 Å². The van der Waals surface area contributed by atoms with E-state index in [1.165, 1.54) is 23.1 Å². The van der Waals surface area contributed by atoms with E-state index in [-0.39, 0.29) is 28.8 Å². The zero-order valence-corrected chi connectivity index (χ0v) is 24.0. The van der Waals surface area contributed by atoms with E-state index in [1.54, 1.807) is 12.0 Å². The van der Waals surface area contributed by atoms with Crippen molar-refractivity contribution < 1.29 is 14.3 Å². The van der Waals surface area contributed by atoms with Crippen molar-refractivity contribution in [1.29, 1.82) is 5.26 Å². The standard InChI is InChI=1S/C29H28N6O3S2/c1-16-11-12-18(13-17(16)2)32-24(37)15-39-29-34-33-28(40-29)35-21-8-6-9-22(36)26(21)25(20(14-30)27(35)31)19-7-4-5-10-23(19)38-3/h4-5,7,10-13,25H,6,8-9,15,31H2,1-3H3,(H,32,37). The molecular formula is C29H28N6O3S2. The van der Waals surface area contributed by atoms with Crippen molar-refractivity contribution in [3.05, 3.63) is 81.8 Å². The molecule has 1 unspecified atom stereocenters. The van der Waals surface area contributed by atoms with Crippen molar-refractivity contribution in [3.8, 4) is 11.8 Å². The van der Waals surface area contributed by atoms with E-state index < -0.39 is 5.92 Å². The summed E-state index contributed by atoms with van der Waals surface area (Å²) in [6, 6.07) is 15.4. The van der Waals surface area contributed by atoms with Gasteiger partial charge in [0.2, 0.25) is 11.0 Å². The summed E-state index contributed by atoms with van der Waals surface area (Å²) in [5.74, 6) is 0.142. The zero-order valence-electron chi connectivity index (χ0n) is 22.4. The number of ketones is 1. The molecular weight excluding hydrogens is 544 g/mol. The summed E-state index contributed by atoms with van der Waals surface area (Å²) in [6.45, 7) is 4.02. The quantitative estimate of drug-likeness (QED) is 0.366. The molecule has 0 saturated carbocycles. The van der Waals surface area contributed by atoms with Crippen LogP contribution in [-0.4, -0.2) is 34.8 Å². The van der Waals surface area contributed by atoms with Gasteiger partial charge in [0.1, 0.15) is 11.6 Å². The molecule has 40 heavy (non-hydrogen) atoms. The van der Waals surface area contributed by atoms with Gasteiger partial charge in [0.05, 0.1) is 30.4 Å². The summed E-state index contributed by atoms with van der Waals surface area (Å²) in [5, 5.41) is 22.2. The van der Waals surface area contributed by atoms with Gasteiger partial charge in [0.25, 0.3) is 0 Å². The van der Waals surface area contributed by atoms with Crippen molar-refractivity contribution in [2.75, 3.05) is 23.1 Å². The number of anilines is 2. The molecule has 1 aromatic heterocycles. The molecule has 0 spiro atoms. The molecule has 0 fully saturated rings. The number of aryl methyl sites for hydroxylation is 2. The number of carbonyl (C=O) groups excluding carboxylic acids is 2. The maximum Gasteiger partial charge on any atom is 0.234 e. The van der Waals surface area contributed by atoms with Gasteiger partial charge in [-0.1, -0.05) is 47.4 Å². The number of amides is 1. The van der Waals surface area contributed by atoms with E-state index in [1.807, 2.05) is 56.3 Å². The topological polar surface area (TPSA) is 134 Å². The number of hydrogen-bond acceptors (Lipinski definition) is 10. The zero-order chi connectivity index (χ0) is 28.4. The average Bonchev–Trinajstić information content (AvgIpc) is 3.42. The van der Waals surface area contributed by atoms with Crippen molar-refractivity contribution >= 4 is 45.6 Å². The number of nitrogens with one attached hydrogen (secondary N) is 1. The van der Waals surface area contributed by atoms with E-state index >= 15 is 0 Å². The summed E-state index contributed by atoms with van der Waals surface area (Å²) < 4.78 is 6.15. The van der Waals surface area contributed by atoms with Crippen LogP contribution in [0.3, 0.4) is 0 Å². The number of allylic oxidation sites excluding steroid dienone is 3. The van der Waals surface area contributed by atoms with Crippen LogP contribution in [0.25, 0.3) is 0 Å². The normalized spacial score (nSPS) is 17.0. The number of thioether (sulfide) groups is 1. The minimum absolute atomic E-state index is 0.0236. The number of nitrogens with zero attached hydrogens (tertiary/aromatic N) is 4. The minimum Gasteiger partial charge on any atom is -0.496 e. The Morgan fingerprint density at radius 3 is 2.77 bits per heavy atom. The van der Waals surface area contributed by atoms with Crippen LogP contribution >= 0.6 is 23.1 Å². The molecule has 1 aliphatic carbocycles. The molecule has 0 radical (unpaired) electrons. The largest absolute Gasteiger partial charge is 0.496 e. The molecule has 204 valence electrons. The van der Waals surface area contributed by atoms with E-state index in [0.717, 1.165) is 28.1 Å². The van der Waals surface area contributed by atoms with Gasteiger partial charge in [-0.2, -0.15) is 5.26 Å². The first-order valence-electron chi connectivity index (χ1n) is 12.7. The van der Waals surface area contributed by atoms with Crippen molar-refractivity contribution in [1.82, 2.24) is 10.2 Å². The third-order valence-electron chi connectivity index (χ3n) is 7.07. The number of nitrogens with two attached hydrogens (primary N) is 1. The number of carbonyl (C=O) groups is 2. The first kappa shape index (κ1) is 27.4. The number of nitriles is 1. The predicted octanol–water partition coefficient (Wildman–Crippen LogP) is 5.20. The molecule has 3 aromatic rings. The van der Waals surface area contributed by atoms with Crippen LogP contribution in [0.2, 0.25) is 0 Å². The van der Waals surface area contributed by atoms with Gasteiger partial charge >= 0.3 is 0 Å². The Kier molecular flexibility index (Phi) is 7.91. The molecule has 5 rings (SSSR count). The fourth-order valence-electron chi connectivity index (χ4n) is 5.02. The van der Waals surface area contributed by atoms with Crippen LogP contribution in [0, 0.1) is 25.2 Å². The Hall–Kier alpha value is -4.14. The van der Waals surface area contributed by atoms with E-state index in [0.29, 0.717) is 40.1 Å². The molecule has 1 atom stereocenters. The lowest BCUT2D eigenvalue weighted by Crippen LogP contribution is -2.38. The van der Waals surface area contributed by atoms with Crippen LogP contribution in [0.4, 0.5) is 10.8 Å². The van der Waals surface area contributed by atoms with Crippen LogP contribution in [0.15, 0.2) is 69.5 Å². The number of ether oxygens (including phenoxy) is 1. The highest BCUT2D eigenvalue weighted by atomic mass is 32.2. The second-order valence-electron chi connectivity index (χ2n) is 9.54. The summed E-state index contributed by atoms with van der Waals surface area (Å²) in [6.07, 6.45) is 1.66. The van der Waals surface area contributed by atoms with Gasteiger partial charge in [0, 0.05) is 28.9 Å². The van der Waals surface area contributed by atoms with Gasteiger partial charge in [-0.15, -0.1) is 10.2 Å². The number of aromatic nitrogens is 2. The second kappa shape index (κ2) is 11.5. The molecule has 2 aromatic carbocycles. The minimum atomic E-state index is -0.629. The van der Waals surface area contributed by atoms with Crippen LogP contribution < -0.4 is 20.7 Å². The van der Waals surface area contributed by atoms with Gasteiger partial charge in [0.15, 0.2) is 10.1 Å². The smallest absolute Gasteiger partial charge is 0.234 e. The first-order valence-corrected chi connectivity index (χ1v) is 14.5.